The number of anilines is 1. The van der Waals surface area contributed by atoms with Crippen LogP contribution in [0.5, 0.6) is 0 Å². The zero-order chi connectivity index (χ0) is 13.6. The number of nitrogens with two attached hydrogens (primary N) is 1. The molecule has 1 aliphatic rings. The van der Waals surface area contributed by atoms with Crippen LogP contribution in [0.1, 0.15) is 11.6 Å². The van der Waals surface area contributed by atoms with E-state index >= 15 is 0 Å². The van der Waals surface area contributed by atoms with E-state index < -0.39 is 24.3 Å². The van der Waals surface area contributed by atoms with Crippen LogP contribution in [-0.4, -0.2) is 50.1 Å². The molecule has 7 heteroatoms. The number of rotatable bonds is 2. The number of nitrogens with zero attached hydrogens (tertiary/aromatic N) is 1. The molecule has 4 atom stereocenters. The molecule has 0 amide bonds. The number of hydrogen-bond donors (Lipinski definition) is 6. The molecule has 3 heterocycles. The van der Waals surface area contributed by atoms with Crippen LogP contribution in [0.15, 0.2) is 18.5 Å². The summed E-state index contributed by atoms with van der Waals surface area (Å²) in [5.41, 5.74) is 7.27. The van der Waals surface area contributed by atoms with Crippen molar-refractivity contribution in [3.63, 3.8) is 0 Å². The lowest BCUT2D eigenvalue weighted by molar-refractivity contribution is 0.0196. The number of fused-ring (bicyclic) bond motifs is 1. The van der Waals surface area contributed by atoms with Gasteiger partial charge in [0.15, 0.2) is 0 Å². The van der Waals surface area contributed by atoms with Crippen LogP contribution in [0.3, 0.4) is 0 Å². The summed E-state index contributed by atoms with van der Waals surface area (Å²) < 4.78 is 0. The molecule has 3 rings (SSSR count). The van der Waals surface area contributed by atoms with E-state index in [4.69, 9.17) is 10.8 Å². The summed E-state index contributed by atoms with van der Waals surface area (Å²) in [5.74, 6) is 0.385. The first-order valence-corrected chi connectivity index (χ1v) is 6.08. The Morgan fingerprint density at radius 3 is 2.79 bits per heavy atom. The van der Waals surface area contributed by atoms with Crippen LogP contribution in [0, 0.1) is 0 Å². The Morgan fingerprint density at radius 1 is 1.32 bits per heavy atom. The van der Waals surface area contributed by atoms with Crippen molar-refractivity contribution in [2.45, 2.75) is 24.3 Å². The fourth-order valence-electron chi connectivity index (χ4n) is 2.65. The Labute approximate surface area is 109 Å². The second-order valence-corrected chi connectivity index (χ2v) is 4.78. The molecule has 0 aromatic carbocycles. The Balaban J connectivity index is 2.04. The first-order valence-electron chi connectivity index (χ1n) is 6.08. The van der Waals surface area contributed by atoms with Gasteiger partial charge in [-0.1, -0.05) is 0 Å². The molecule has 0 spiro atoms. The van der Waals surface area contributed by atoms with Crippen molar-refractivity contribution in [3.8, 4) is 0 Å². The van der Waals surface area contributed by atoms with Crippen LogP contribution < -0.4 is 11.1 Å². The maximum Gasteiger partial charge on any atom is 0.147 e. The maximum atomic E-state index is 10.1. The molecule has 0 radical (unpaired) electrons. The van der Waals surface area contributed by atoms with E-state index in [2.05, 4.69) is 15.3 Å². The van der Waals surface area contributed by atoms with Crippen LogP contribution >= 0.6 is 0 Å². The van der Waals surface area contributed by atoms with Gasteiger partial charge >= 0.3 is 0 Å². The predicted molar refractivity (Wildman–Crippen MR) is 69.3 cm³/mol. The molecule has 2 aromatic rings. The van der Waals surface area contributed by atoms with Crippen molar-refractivity contribution < 1.29 is 15.3 Å². The smallest absolute Gasteiger partial charge is 0.147 e. The Kier molecular flexibility index (Phi) is 2.90. The standard InChI is InChI=1S/C12H16N4O3/c13-12-9-5(1-2-14-12)6(3-15-9)8-11(19)10(18)7(4-17)16-8/h1-3,7-8,10-11,15-19H,4H2,(H2,13,14)/t7?,8-,10+,11-/m0/s1. The third-order valence-corrected chi connectivity index (χ3v) is 3.69. The minimum atomic E-state index is -1.00. The molecule has 2 aromatic heterocycles. The molecular formula is C12H16N4O3. The van der Waals surface area contributed by atoms with Gasteiger partial charge in [0.25, 0.3) is 0 Å². The summed E-state index contributed by atoms with van der Waals surface area (Å²) in [6.45, 7) is -0.235. The topological polar surface area (TPSA) is 127 Å². The van der Waals surface area contributed by atoms with Crippen molar-refractivity contribution in [2.24, 2.45) is 0 Å². The van der Waals surface area contributed by atoms with Gasteiger partial charge in [-0.3, -0.25) is 0 Å². The van der Waals surface area contributed by atoms with Gasteiger partial charge in [-0.2, -0.15) is 0 Å². The van der Waals surface area contributed by atoms with E-state index in [9.17, 15) is 10.2 Å². The highest BCUT2D eigenvalue weighted by Crippen LogP contribution is 2.33. The lowest BCUT2D eigenvalue weighted by Gasteiger charge is -2.15. The van der Waals surface area contributed by atoms with E-state index in [0.717, 1.165) is 10.9 Å². The lowest BCUT2D eigenvalue weighted by Crippen LogP contribution is -2.35. The van der Waals surface area contributed by atoms with Crippen LogP contribution in [0.2, 0.25) is 0 Å². The number of aromatic amines is 1. The molecule has 102 valence electrons. The summed E-state index contributed by atoms with van der Waals surface area (Å²) in [6, 6.07) is 0.803. The number of nitrogens with one attached hydrogen (secondary N) is 2. The molecule has 1 unspecified atom stereocenters. The van der Waals surface area contributed by atoms with E-state index in [1.54, 1.807) is 18.5 Å². The summed E-state index contributed by atoms with van der Waals surface area (Å²) in [6.07, 6.45) is 1.34. The van der Waals surface area contributed by atoms with E-state index in [1.165, 1.54) is 0 Å². The molecule has 1 fully saturated rings. The lowest BCUT2D eigenvalue weighted by atomic mass is 10.0. The third kappa shape index (κ3) is 1.79. The summed E-state index contributed by atoms with van der Waals surface area (Å²) in [5, 5.41) is 32.9. The summed E-state index contributed by atoms with van der Waals surface area (Å²) in [4.78, 5) is 7.01. The Bertz CT molecular complexity index is 600. The minimum absolute atomic E-state index is 0.235. The number of aliphatic hydroxyl groups excluding tert-OH is 3. The zero-order valence-electron chi connectivity index (χ0n) is 10.1. The molecule has 7 nitrogen and oxygen atoms in total. The first kappa shape index (κ1) is 12.4. The van der Waals surface area contributed by atoms with Gasteiger partial charge in [0, 0.05) is 17.8 Å². The van der Waals surface area contributed by atoms with Gasteiger partial charge < -0.3 is 31.4 Å². The molecule has 7 N–H and O–H groups in total. The molecular weight excluding hydrogens is 248 g/mol. The largest absolute Gasteiger partial charge is 0.395 e. The molecule has 0 bridgehead atoms. The SMILES string of the molecule is Nc1nccc2c([C@@H]3NC(CO)[C@@H](O)[C@H]3O)c[nH]c12. The van der Waals surface area contributed by atoms with Crippen molar-refractivity contribution in [1.82, 2.24) is 15.3 Å². The normalized spacial score (nSPS) is 31.1. The predicted octanol–water partition coefficient (Wildman–Crippen LogP) is -1.13. The van der Waals surface area contributed by atoms with Crippen molar-refractivity contribution in [3.05, 3.63) is 24.0 Å². The number of hydrogen-bond acceptors (Lipinski definition) is 6. The second kappa shape index (κ2) is 4.46. The Morgan fingerprint density at radius 2 is 2.11 bits per heavy atom. The molecule has 0 aliphatic carbocycles. The van der Waals surface area contributed by atoms with E-state index in [-0.39, 0.29) is 6.61 Å². The van der Waals surface area contributed by atoms with Crippen molar-refractivity contribution in [1.29, 1.82) is 0 Å². The van der Waals surface area contributed by atoms with E-state index in [1.807, 2.05) is 0 Å². The number of aliphatic hydroxyl groups is 3. The van der Waals surface area contributed by atoms with E-state index in [0.29, 0.717) is 11.3 Å². The maximum absolute atomic E-state index is 10.1. The van der Waals surface area contributed by atoms with Gasteiger partial charge in [0.05, 0.1) is 30.3 Å². The zero-order valence-corrected chi connectivity index (χ0v) is 10.1. The first-order chi connectivity index (χ1) is 9.13. The van der Waals surface area contributed by atoms with Gasteiger partial charge in [0.1, 0.15) is 11.9 Å². The van der Waals surface area contributed by atoms with Crippen molar-refractivity contribution >= 4 is 16.7 Å². The number of pyridine rings is 1. The summed E-state index contributed by atoms with van der Waals surface area (Å²) >= 11 is 0. The number of H-pyrrole nitrogens is 1. The second-order valence-electron chi connectivity index (χ2n) is 4.78. The minimum Gasteiger partial charge on any atom is -0.395 e. The van der Waals surface area contributed by atoms with Gasteiger partial charge in [0.2, 0.25) is 0 Å². The van der Waals surface area contributed by atoms with Gasteiger partial charge in [-0.15, -0.1) is 0 Å². The monoisotopic (exact) mass is 264 g/mol. The van der Waals surface area contributed by atoms with Gasteiger partial charge in [-0.05, 0) is 11.6 Å². The quantitative estimate of drug-likeness (QED) is 0.407. The van der Waals surface area contributed by atoms with Crippen molar-refractivity contribution in [2.75, 3.05) is 12.3 Å². The summed E-state index contributed by atoms with van der Waals surface area (Å²) in [7, 11) is 0. The Hall–Kier alpha value is -1.67. The highest BCUT2D eigenvalue weighted by molar-refractivity contribution is 5.90. The molecule has 1 aliphatic heterocycles. The highest BCUT2D eigenvalue weighted by atomic mass is 16.3. The fraction of sp³-hybridized carbons (Fsp3) is 0.417. The average Bonchev–Trinajstić information content (AvgIpc) is 2.94. The number of nitrogen functional groups attached to an aromatic ring is 1. The van der Waals surface area contributed by atoms with Crippen LogP contribution in [0.4, 0.5) is 5.82 Å². The van der Waals surface area contributed by atoms with Gasteiger partial charge in [-0.25, -0.2) is 4.98 Å². The van der Waals surface area contributed by atoms with Crippen LogP contribution in [0.25, 0.3) is 10.9 Å². The molecule has 0 saturated carbocycles. The average molecular weight is 264 g/mol. The third-order valence-electron chi connectivity index (χ3n) is 3.69. The molecule has 1 saturated heterocycles. The molecule has 19 heavy (non-hydrogen) atoms. The number of aromatic nitrogens is 2. The van der Waals surface area contributed by atoms with Crippen LogP contribution in [-0.2, 0) is 0 Å². The highest BCUT2D eigenvalue weighted by Gasteiger charge is 2.42. The fourth-order valence-corrected chi connectivity index (χ4v) is 2.65.